The van der Waals surface area contributed by atoms with E-state index in [4.69, 9.17) is 0 Å². The lowest BCUT2D eigenvalue weighted by Gasteiger charge is -2.25. The molecule has 1 N–H and O–H groups in total. The Bertz CT molecular complexity index is 287. The van der Waals surface area contributed by atoms with Gasteiger partial charge in [-0.15, -0.1) is 0 Å². The average molecular weight is 206 g/mol. The van der Waals surface area contributed by atoms with Gasteiger partial charge in [0.2, 0.25) is 0 Å². The topological polar surface area (TPSA) is 24.4 Å². The molecule has 0 aromatic heterocycles. The molecule has 0 spiro atoms. The summed E-state index contributed by atoms with van der Waals surface area (Å²) in [7, 11) is 0. The molecule has 0 aromatic carbocycles. The SMILES string of the molecule is CCNCC1(C)C=CC=CC(C)(C)N=C1. The molecule has 1 atom stereocenters. The second-order valence-electron chi connectivity index (χ2n) is 4.92. The molecule has 0 aliphatic carbocycles. The maximum absolute atomic E-state index is 4.62. The van der Waals surface area contributed by atoms with Crippen molar-refractivity contribution >= 4 is 6.21 Å². The van der Waals surface area contributed by atoms with E-state index in [-0.39, 0.29) is 11.0 Å². The Morgan fingerprint density at radius 2 is 1.80 bits per heavy atom. The zero-order valence-electron chi connectivity index (χ0n) is 10.2. The molecule has 1 rings (SSSR count). The van der Waals surface area contributed by atoms with E-state index >= 15 is 0 Å². The van der Waals surface area contributed by atoms with E-state index in [1.165, 1.54) is 0 Å². The summed E-state index contributed by atoms with van der Waals surface area (Å²) in [5, 5.41) is 3.37. The second-order valence-corrected chi connectivity index (χ2v) is 4.92. The zero-order chi connectivity index (χ0) is 11.4. The number of rotatable bonds is 3. The molecule has 0 aromatic rings. The molecule has 1 aliphatic rings. The highest BCUT2D eigenvalue weighted by molar-refractivity contribution is 5.69. The smallest absolute Gasteiger partial charge is 0.0731 e. The summed E-state index contributed by atoms with van der Waals surface area (Å²) in [4.78, 5) is 4.62. The normalized spacial score (nSPS) is 28.8. The molecular weight excluding hydrogens is 184 g/mol. The van der Waals surface area contributed by atoms with Crippen LogP contribution >= 0.6 is 0 Å². The van der Waals surface area contributed by atoms with E-state index in [2.05, 4.69) is 68.5 Å². The van der Waals surface area contributed by atoms with Gasteiger partial charge in [0.05, 0.1) is 5.54 Å². The van der Waals surface area contributed by atoms with Crippen molar-refractivity contribution in [3.8, 4) is 0 Å². The fraction of sp³-hybridized carbons (Fsp3) is 0.615. The molecule has 0 fully saturated rings. The standard InChI is InChI=1S/C13H22N2/c1-5-14-10-13(4)9-7-6-8-12(2,3)15-11-13/h6-9,11,14H,5,10H2,1-4H3. The molecule has 1 unspecified atom stereocenters. The van der Waals surface area contributed by atoms with E-state index < -0.39 is 0 Å². The third-order valence-corrected chi connectivity index (χ3v) is 2.54. The monoisotopic (exact) mass is 206 g/mol. The van der Waals surface area contributed by atoms with Gasteiger partial charge < -0.3 is 5.32 Å². The largest absolute Gasteiger partial charge is 0.316 e. The van der Waals surface area contributed by atoms with Gasteiger partial charge in [-0.3, -0.25) is 4.99 Å². The highest BCUT2D eigenvalue weighted by atomic mass is 14.9. The second kappa shape index (κ2) is 4.75. The molecule has 1 aliphatic heterocycles. The van der Waals surface area contributed by atoms with Gasteiger partial charge in [0.1, 0.15) is 0 Å². The van der Waals surface area contributed by atoms with Crippen LogP contribution in [-0.2, 0) is 0 Å². The molecule has 84 valence electrons. The van der Waals surface area contributed by atoms with Crippen LogP contribution in [0.4, 0.5) is 0 Å². The van der Waals surface area contributed by atoms with Crippen LogP contribution in [0.15, 0.2) is 29.3 Å². The summed E-state index contributed by atoms with van der Waals surface area (Å²) in [5.41, 5.74) is -0.0593. The Hall–Kier alpha value is -0.890. The third kappa shape index (κ3) is 4.00. The fourth-order valence-corrected chi connectivity index (χ4v) is 1.47. The molecule has 15 heavy (non-hydrogen) atoms. The first-order valence-corrected chi connectivity index (χ1v) is 5.62. The lowest BCUT2D eigenvalue weighted by Crippen LogP contribution is -2.33. The number of hydrogen-bond donors (Lipinski definition) is 1. The van der Waals surface area contributed by atoms with Crippen molar-refractivity contribution in [2.75, 3.05) is 13.1 Å². The van der Waals surface area contributed by atoms with Gasteiger partial charge in [-0.05, 0) is 27.3 Å². The number of nitrogens with one attached hydrogen (secondary N) is 1. The van der Waals surface area contributed by atoms with Crippen LogP contribution in [0.3, 0.4) is 0 Å². The highest BCUT2D eigenvalue weighted by Crippen LogP contribution is 2.20. The van der Waals surface area contributed by atoms with Crippen molar-refractivity contribution in [3.05, 3.63) is 24.3 Å². The van der Waals surface area contributed by atoms with Crippen molar-refractivity contribution in [2.24, 2.45) is 10.4 Å². The molecule has 2 heteroatoms. The number of nitrogens with zero attached hydrogens (tertiary/aromatic N) is 1. The van der Waals surface area contributed by atoms with Crippen molar-refractivity contribution in [1.29, 1.82) is 0 Å². The van der Waals surface area contributed by atoms with Gasteiger partial charge in [-0.25, -0.2) is 0 Å². The molecular formula is C13H22N2. The molecule has 0 radical (unpaired) electrons. The van der Waals surface area contributed by atoms with Gasteiger partial charge in [-0.2, -0.15) is 0 Å². The summed E-state index contributed by atoms with van der Waals surface area (Å²) in [6.07, 6.45) is 10.6. The molecule has 0 saturated carbocycles. The van der Waals surface area contributed by atoms with Crippen molar-refractivity contribution < 1.29 is 0 Å². The van der Waals surface area contributed by atoms with E-state index in [1.54, 1.807) is 0 Å². The van der Waals surface area contributed by atoms with Crippen LogP contribution < -0.4 is 5.32 Å². The van der Waals surface area contributed by atoms with E-state index in [9.17, 15) is 0 Å². The fourth-order valence-electron chi connectivity index (χ4n) is 1.47. The quantitative estimate of drug-likeness (QED) is 0.754. The number of aliphatic imine (C=N–C) groups is 1. The molecule has 1 heterocycles. The van der Waals surface area contributed by atoms with Gasteiger partial charge in [-0.1, -0.05) is 31.2 Å². The predicted octanol–water partition coefficient (Wildman–Crippen LogP) is 2.58. The van der Waals surface area contributed by atoms with E-state index in [0.717, 1.165) is 13.1 Å². The Morgan fingerprint density at radius 1 is 1.13 bits per heavy atom. The third-order valence-electron chi connectivity index (χ3n) is 2.54. The first-order chi connectivity index (χ1) is 6.97. The molecule has 0 saturated heterocycles. The summed E-state index contributed by atoms with van der Waals surface area (Å²) in [6.45, 7) is 10.5. The summed E-state index contributed by atoms with van der Waals surface area (Å²) in [6, 6.07) is 0. The van der Waals surface area contributed by atoms with Crippen LogP contribution in [0.5, 0.6) is 0 Å². The van der Waals surface area contributed by atoms with Crippen LogP contribution in [0.25, 0.3) is 0 Å². The minimum atomic E-state index is -0.0851. The zero-order valence-corrected chi connectivity index (χ0v) is 10.2. The Morgan fingerprint density at radius 3 is 2.47 bits per heavy atom. The molecule has 0 bridgehead atoms. The summed E-state index contributed by atoms with van der Waals surface area (Å²) < 4.78 is 0. The molecule has 0 amide bonds. The number of allylic oxidation sites excluding steroid dienone is 2. The first-order valence-electron chi connectivity index (χ1n) is 5.62. The van der Waals surface area contributed by atoms with Gasteiger partial charge in [0.25, 0.3) is 0 Å². The average Bonchev–Trinajstić information content (AvgIpc) is 2.18. The van der Waals surface area contributed by atoms with Crippen LogP contribution in [0.1, 0.15) is 27.7 Å². The lowest BCUT2D eigenvalue weighted by molar-refractivity contribution is 0.526. The van der Waals surface area contributed by atoms with Crippen molar-refractivity contribution in [1.82, 2.24) is 5.32 Å². The lowest BCUT2D eigenvalue weighted by atomic mass is 9.89. The maximum Gasteiger partial charge on any atom is 0.0731 e. The van der Waals surface area contributed by atoms with E-state index in [1.807, 2.05) is 0 Å². The first kappa shape index (κ1) is 12.2. The van der Waals surface area contributed by atoms with Gasteiger partial charge in [0, 0.05) is 18.2 Å². The Balaban J connectivity index is 2.83. The van der Waals surface area contributed by atoms with E-state index in [0.29, 0.717) is 0 Å². The summed E-state index contributed by atoms with van der Waals surface area (Å²) >= 11 is 0. The van der Waals surface area contributed by atoms with Gasteiger partial charge in [0.15, 0.2) is 0 Å². The minimum Gasteiger partial charge on any atom is -0.316 e. The van der Waals surface area contributed by atoms with Crippen LogP contribution in [-0.4, -0.2) is 24.8 Å². The minimum absolute atomic E-state index is 0.0258. The Kier molecular flexibility index (Phi) is 3.86. The number of hydrogen-bond acceptors (Lipinski definition) is 2. The highest BCUT2D eigenvalue weighted by Gasteiger charge is 2.20. The maximum atomic E-state index is 4.62. The van der Waals surface area contributed by atoms with Crippen molar-refractivity contribution in [3.63, 3.8) is 0 Å². The summed E-state index contributed by atoms with van der Waals surface area (Å²) in [5.74, 6) is 0. The molecule has 2 nitrogen and oxygen atoms in total. The van der Waals surface area contributed by atoms with Crippen LogP contribution in [0.2, 0.25) is 0 Å². The van der Waals surface area contributed by atoms with Crippen LogP contribution in [0, 0.1) is 5.41 Å². The van der Waals surface area contributed by atoms with Gasteiger partial charge >= 0.3 is 0 Å². The Labute approximate surface area is 93.2 Å². The predicted molar refractivity (Wildman–Crippen MR) is 67.5 cm³/mol. The van der Waals surface area contributed by atoms with Crippen molar-refractivity contribution in [2.45, 2.75) is 33.2 Å².